The molecule has 2 unspecified atom stereocenters. The largest absolute Gasteiger partial charge is 0.323 e. The SMILES string of the molecule is Cc1ccc(C(N)C(C)SC2CCCCC2)cc1. The summed E-state index contributed by atoms with van der Waals surface area (Å²) in [5.41, 5.74) is 8.96. The van der Waals surface area contributed by atoms with Crippen LogP contribution in [0.4, 0.5) is 0 Å². The normalized spacial score (nSPS) is 20.6. The molecule has 0 aliphatic heterocycles. The first-order chi connectivity index (χ1) is 8.66. The van der Waals surface area contributed by atoms with Crippen LogP contribution in [0.1, 0.15) is 56.2 Å². The summed E-state index contributed by atoms with van der Waals surface area (Å²) < 4.78 is 0. The second-order valence-electron chi connectivity index (χ2n) is 5.54. The van der Waals surface area contributed by atoms with Crippen LogP contribution in [-0.2, 0) is 0 Å². The summed E-state index contributed by atoms with van der Waals surface area (Å²) in [6.07, 6.45) is 7.01. The first-order valence-corrected chi connectivity index (χ1v) is 8.08. The van der Waals surface area contributed by atoms with E-state index in [1.54, 1.807) is 0 Å². The fourth-order valence-corrected chi connectivity index (χ4v) is 4.19. The lowest BCUT2D eigenvalue weighted by molar-refractivity contribution is 0.513. The quantitative estimate of drug-likeness (QED) is 0.868. The van der Waals surface area contributed by atoms with Crippen LogP contribution in [0.3, 0.4) is 0 Å². The van der Waals surface area contributed by atoms with E-state index in [4.69, 9.17) is 5.73 Å². The van der Waals surface area contributed by atoms with Gasteiger partial charge in [0.15, 0.2) is 0 Å². The van der Waals surface area contributed by atoms with Gasteiger partial charge in [0.2, 0.25) is 0 Å². The third-order valence-electron chi connectivity index (χ3n) is 3.93. The van der Waals surface area contributed by atoms with E-state index < -0.39 is 0 Å². The van der Waals surface area contributed by atoms with Gasteiger partial charge in [-0.25, -0.2) is 0 Å². The molecule has 0 heterocycles. The molecular weight excluding hydrogens is 238 g/mol. The molecule has 2 heteroatoms. The first kappa shape index (κ1) is 14.0. The van der Waals surface area contributed by atoms with Crippen LogP contribution < -0.4 is 5.73 Å². The van der Waals surface area contributed by atoms with E-state index in [0.717, 1.165) is 5.25 Å². The molecule has 0 amide bonds. The summed E-state index contributed by atoms with van der Waals surface area (Å²) in [5, 5.41) is 1.35. The van der Waals surface area contributed by atoms with Gasteiger partial charge in [-0.15, -0.1) is 0 Å². The minimum absolute atomic E-state index is 0.164. The van der Waals surface area contributed by atoms with Gasteiger partial charge in [-0.3, -0.25) is 0 Å². The van der Waals surface area contributed by atoms with Crippen molar-refractivity contribution in [2.45, 2.75) is 62.5 Å². The Bertz CT molecular complexity index is 354. The zero-order valence-electron chi connectivity index (χ0n) is 11.6. The van der Waals surface area contributed by atoms with Gasteiger partial charge in [-0.1, -0.05) is 56.0 Å². The molecule has 1 aliphatic carbocycles. The summed E-state index contributed by atoms with van der Waals surface area (Å²) in [6, 6.07) is 8.84. The summed E-state index contributed by atoms with van der Waals surface area (Å²) >= 11 is 2.10. The second kappa shape index (κ2) is 6.63. The molecule has 0 spiro atoms. The van der Waals surface area contributed by atoms with Crippen LogP contribution in [0.2, 0.25) is 0 Å². The van der Waals surface area contributed by atoms with Gasteiger partial charge in [0, 0.05) is 16.5 Å². The van der Waals surface area contributed by atoms with E-state index in [0.29, 0.717) is 5.25 Å². The zero-order chi connectivity index (χ0) is 13.0. The summed E-state index contributed by atoms with van der Waals surface area (Å²) in [4.78, 5) is 0. The Balaban J connectivity index is 1.91. The number of nitrogens with two attached hydrogens (primary N) is 1. The maximum absolute atomic E-state index is 6.38. The number of rotatable bonds is 4. The Labute approximate surface area is 116 Å². The van der Waals surface area contributed by atoms with E-state index in [9.17, 15) is 0 Å². The summed E-state index contributed by atoms with van der Waals surface area (Å²) in [7, 11) is 0. The lowest BCUT2D eigenvalue weighted by atomic mass is 10.0. The minimum atomic E-state index is 0.164. The minimum Gasteiger partial charge on any atom is -0.323 e. The summed E-state index contributed by atoms with van der Waals surface area (Å²) in [6.45, 7) is 4.40. The molecule has 2 N–H and O–H groups in total. The molecule has 1 saturated carbocycles. The Morgan fingerprint density at radius 3 is 2.33 bits per heavy atom. The van der Waals surface area contributed by atoms with Crippen molar-refractivity contribution in [2.24, 2.45) is 5.73 Å². The van der Waals surface area contributed by atoms with E-state index in [1.165, 1.54) is 43.2 Å². The van der Waals surface area contributed by atoms with Crippen molar-refractivity contribution in [1.82, 2.24) is 0 Å². The predicted molar refractivity (Wildman–Crippen MR) is 82.0 cm³/mol. The van der Waals surface area contributed by atoms with Crippen molar-refractivity contribution in [1.29, 1.82) is 0 Å². The Kier molecular flexibility index (Phi) is 5.13. The molecule has 2 rings (SSSR count). The highest BCUT2D eigenvalue weighted by Gasteiger charge is 2.21. The number of benzene rings is 1. The topological polar surface area (TPSA) is 26.0 Å². The molecule has 1 fully saturated rings. The highest BCUT2D eigenvalue weighted by molar-refractivity contribution is 8.00. The Morgan fingerprint density at radius 2 is 1.72 bits per heavy atom. The van der Waals surface area contributed by atoms with Gasteiger partial charge >= 0.3 is 0 Å². The van der Waals surface area contributed by atoms with E-state index in [-0.39, 0.29) is 6.04 Å². The molecule has 0 aromatic heterocycles. The van der Waals surface area contributed by atoms with Crippen LogP contribution in [0.15, 0.2) is 24.3 Å². The smallest absolute Gasteiger partial charge is 0.0412 e. The maximum atomic E-state index is 6.38. The third kappa shape index (κ3) is 3.76. The van der Waals surface area contributed by atoms with E-state index in [1.807, 2.05) is 0 Å². The first-order valence-electron chi connectivity index (χ1n) is 7.14. The van der Waals surface area contributed by atoms with Gasteiger partial charge in [0.1, 0.15) is 0 Å². The van der Waals surface area contributed by atoms with Crippen molar-refractivity contribution in [3.05, 3.63) is 35.4 Å². The van der Waals surface area contributed by atoms with Crippen LogP contribution in [-0.4, -0.2) is 10.5 Å². The zero-order valence-corrected chi connectivity index (χ0v) is 12.4. The maximum Gasteiger partial charge on any atom is 0.0412 e. The number of hydrogen-bond acceptors (Lipinski definition) is 2. The van der Waals surface area contributed by atoms with Crippen molar-refractivity contribution >= 4 is 11.8 Å². The lowest BCUT2D eigenvalue weighted by Gasteiger charge is -2.27. The molecule has 1 aromatic rings. The number of hydrogen-bond donors (Lipinski definition) is 1. The Morgan fingerprint density at radius 1 is 1.11 bits per heavy atom. The van der Waals surface area contributed by atoms with Crippen molar-refractivity contribution in [2.75, 3.05) is 0 Å². The fourth-order valence-electron chi connectivity index (χ4n) is 2.65. The van der Waals surface area contributed by atoms with E-state index in [2.05, 4.69) is 49.9 Å². The van der Waals surface area contributed by atoms with Gasteiger partial charge in [0.05, 0.1) is 0 Å². The molecule has 1 aliphatic rings. The van der Waals surface area contributed by atoms with Crippen LogP contribution >= 0.6 is 11.8 Å². The van der Waals surface area contributed by atoms with Gasteiger partial charge < -0.3 is 5.73 Å². The van der Waals surface area contributed by atoms with Crippen molar-refractivity contribution in [3.63, 3.8) is 0 Å². The highest BCUT2D eigenvalue weighted by atomic mass is 32.2. The van der Waals surface area contributed by atoms with Crippen molar-refractivity contribution < 1.29 is 0 Å². The average molecular weight is 263 g/mol. The van der Waals surface area contributed by atoms with Crippen LogP contribution in [0.5, 0.6) is 0 Å². The van der Waals surface area contributed by atoms with Crippen LogP contribution in [0.25, 0.3) is 0 Å². The number of thioether (sulfide) groups is 1. The molecule has 0 radical (unpaired) electrons. The molecular formula is C16H25NS. The average Bonchev–Trinajstić information content (AvgIpc) is 2.40. The molecule has 1 nitrogen and oxygen atoms in total. The predicted octanol–water partition coefficient (Wildman–Crippen LogP) is 4.45. The van der Waals surface area contributed by atoms with Gasteiger partial charge in [-0.2, -0.15) is 11.8 Å². The summed E-state index contributed by atoms with van der Waals surface area (Å²) in [5.74, 6) is 0. The number of aryl methyl sites for hydroxylation is 1. The lowest BCUT2D eigenvalue weighted by Crippen LogP contribution is -2.24. The monoisotopic (exact) mass is 263 g/mol. The van der Waals surface area contributed by atoms with Crippen LogP contribution in [0, 0.1) is 6.92 Å². The van der Waals surface area contributed by atoms with Gasteiger partial charge in [-0.05, 0) is 25.3 Å². The fraction of sp³-hybridized carbons (Fsp3) is 0.625. The molecule has 100 valence electrons. The molecule has 0 bridgehead atoms. The van der Waals surface area contributed by atoms with E-state index >= 15 is 0 Å². The second-order valence-corrected chi connectivity index (χ2v) is 7.22. The van der Waals surface area contributed by atoms with Crippen molar-refractivity contribution in [3.8, 4) is 0 Å². The van der Waals surface area contributed by atoms with Gasteiger partial charge in [0.25, 0.3) is 0 Å². The Hall–Kier alpha value is -0.470. The molecule has 18 heavy (non-hydrogen) atoms. The highest BCUT2D eigenvalue weighted by Crippen LogP contribution is 2.34. The standard InChI is InChI=1S/C16H25NS/c1-12-8-10-14(11-9-12)16(17)13(2)18-15-6-4-3-5-7-15/h8-11,13,15-16H,3-7,17H2,1-2H3. The molecule has 2 atom stereocenters. The third-order valence-corrected chi connectivity index (χ3v) is 5.51. The molecule has 0 saturated heterocycles. The molecule has 1 aromatic carbocycles.